The normalized spacial score (nSPS) is 18.9. The van der Waals surface area contributed by atoms with E-state index in [2.05, 4.69) is 95.4 Å². The summed E-state index contributed by atoms with van der Waals surface area (Å²) in [5, 5.41) is 5.19. The van der Waals surface area contributed by atoms with Crippen molar-refractivity contribution in [3.8, 4) is 0 Å². The number of hydrogen-bond acceptors (Lipinski definition) is 1. The topological polar surface area (TPSA) is 17.1 Å². The van der Waals surface area contributed by atoms with Crippen LogP contribution in [0.2, 0.25) is 0 Å². The van der Waals surface area contributed by atoms with Crippen LogP contribution in [0.1, 0.15) is 48.3 Å². The second kappa shape index (κ2) is 7.00. The molecule has 5 rings (SSSR count). The first kappa shape index (κ1) is 17.9. The van der Waals surface area contributed by atoms with E-state index in [4.69, 9.17) is 0 Å². The molecule has 0 spiro atoms. The lowest BCUT2D eigenvalue weighted by molar-refractivity contribution is -0.118. The molecule has 0 amide bonds. The van der Waals surface area contributed by atoms with E-state index in [1.54, 1.807) is 6.92 Å². The van der Waals surface area contributed by atoms with E-state index >= 15 is 0 Å². The van der Waals surface area contributed by atoms with Crippen LogP contribution in [0.4, 0.5) is 0 Å². The molecule has 2 heteroatoms. The van der Waals surface area contributed by atoms with Crippen molar-refractivity contribution in [2.45, 2.75) is 31.6 Å². The Bertz CT molecular complexity index is 1210. The van der Waals surface area contributed by atoms with Gasteiger partial charge in [-0.15, -0.1) is 0 Å². The van der Waals surface area contributed by atoms with Crippen molar-refractivity contribution < 1.29 is 4.79 Å². The lowest BCUT2D eigenvalue weighted by atomic mass is 9.71. The van der Waals surface area contributed by atoms with Crippen molar-refractivity contribution in [2.24, 2.45) is 0 Å². The molecule has 0 bridgehead atoms. The Morgan fingerprint density at radius 2 is 1.50 bits per heavy atom. The van der Waals surface area contributed by atoms with Crippen molar-refractivity contribution in [1.29, 1.82) is 0 Å². The largest absolute Gasteiger partial charge is 0.299 e. The Labute approximate surface area is 178 Å². The van der Waals surface area contributed by atoms with E-state index in [0.717, 1.165) is 12.8 Å². The van der Waals surface area contributed by atoms with Crippen molar-refractivity contribution in [1.82, 2.24) is 0 Å². The summed E-state index contributed by atoms with van der Waals surface area (Å²) in [7, 11) is 0. The minimum Gasteiger partial charge on any atom is -0.299 e. The molecule has 138 valence electrons. The molecule has 0 aliphatic heterocycles. The number of ketones is 1. The number of halogens is 1. The van der Waals surface area contributed by atoms with Gasteiger partial charge in [0.05, 0.1) is 0 Å². The summed E-state index contributed by atoms with van der Waals surface area (Å²) in [5.41, 5.74) is 3.94. The van der Waals surface area contributed by atoms with Gasteiger partial charge in [-0.1, -0.05) is 66.7 Å². The predicted molar refractivity (Wildman–Crippen MR) is 125 cm³/mol. The summed E-state index contributed by atoms with van der Waals surface area (Å²) in [5.74, 6) is 0.638. The second-order valence-electron chi connectivity index (χ2n) is 7.77. The molecule has 0 radical (unpaired) electrons. The van der Waals surface area contributed by atoms with Gasteiger partial charge >= 0.3 is 0 Å². The Morgan fingerprint density at radius 3 is 2.25 bits per heavy atom. The first-order chi connectivity index (χ1) is 13.6. The highest BCUT2D eigenvalue weighted by atomic mass is 127. The highest BCUT2D eigenvalue weighted by Gasteiger charge is 2.32. The number of carbonyl (C=O) groups is 1. The molecule has 0 saturated carbocycles. The maximum atomic E-state index is 12.4. The molecule has 2 unspecified atom stereocenters. The highest BCUT2D eigenvalue weighted by Crippen LogP contribution is 2.47. The van der Waals surface area contributed by atoms with E-state index in [1.165, 1.54) is 41.8 Å². The van der Waals surface area contributed by atoms with Crippen molar-refractivity contribution >= 4 is 49.9 Å². The second-order valence-corrected chi connectivity index (χ2v) is 8.93. The molecule has 0 heterocycles. The third kappa shape index (κ3) is 2.77. The van der Waals surface area contributed by atoms with Crippen molar-refractivity contribution in [3.05, 3.63) is 93.1 Å². The summed E-state index contributed by atoms with van der Waals surface area (Å²) in [4.78, 5) is 12.4. The predicted octanol–water partition coefficient (Wildman–Crippen LogP) is 7.20. The average Bonchev–Trinajstić information content (AvgIpc) is 2.73. The van der Waals surface area contributed by atoms with Crippen LogP contribution in [-0.2, 0) is 4.79 Å². The molecule has 1 aliphatic rings. The summed E-state index contributed by atoms with van der Waals surface area (Å²) < 4.78 is 1.27. The highest BCUT2D eigenvalue weighted by molar-refractivity contribution is 14.1. The van der Waals surface area contributed by atoms with Gasteiger partial charge in [0.2, 0.25) is 0 Å². The van der Waals surface area contributed by atoms with Crippen LogP contribution < -0.4 is 0 Å². The Kier molecular flexibility index (Phi) is 4.47. The molecule has 0 N–H and O–H groups in total. The van der Waals surface area contributed by atoms with Gasteiger partial charge in [-0.3, -0.25) is 4.79 Å². The fourth-order valence-electron chi connectivity index (χ4n) is 4.94. The van der Waals surface area contributed by atoms with Crippen molar-refractivity contribution in [2.75, 3.05) is 0 Å². The maximum absolute atomic E-state index is 12.4. The van der Waals surface area contributed by atoms with Crippen molar-refractivity contribution in [3.63, 3.8) is 0 Å². The molecule has 4 aromatic rings. The van der Waals surface area contributed by atoms with Gasteiger partial charge in [-0.25, -0.2) is 0 Å². The molecule has 1 aliphatic carbocycles. The summed E-state index contributed by atoms with van der Waals surface area (Å²) >= 11 is 2.45. The number of hydrogen-bond donors (Lipinski definition) is 0. The zero-order valence-electron chi connectivity index (χ0n) is 15.8. The van der Waals surface area contributed by atoms with Gasteiger partial charge in [0.15, 0.2) is 0 Å². The summed E-state index contributed by atoms with van der Waals surface area (Å²) in [6.45, 7) is 1.74. The first-order valence-electron chi connectivity index (χ1n) is 9.84. The lowest BCUT2D eigenvalue weighted by Gasteiger charge is -2.32. The molecule has 4 aromatic carbocycles. The van der Waals surface area contributed by atoms with E-state index < -0.39 is 0 Å². The maximum Gasteiger partial charge on any atom is 0.137 e. The summed E-state index contributed by atoms with van der Waals surface area (Å²) in [6.07, 6.45) is 1.95. The number of Topliss-reactive ketones (excluding diaryl/α,β-unsaturated/α-hetero) is 1. The Morgan fingerprint density at radius 1 is 0.821 bits per heavy atom. The van der Waals surface area contributed by atoms with Gasteiger partial charge < -0.3 is 0 Å². The number of carbonyl (C=O) groups excluding carboxylic acids is 1. The van der Waals surface area contributed by atoms with Gasteiger partial charge in [0, 0.05) is 15.4 Å². The van der Waals surface area contributed by atoms with Gasteiger partial charge in [-0.2, -0.15) is 0 Å². The molecular formula is C26H21IO. The van der Waals surface area contributed by atoms with Crippen LogP contribution in [0.5, 0.6) is 0 Å². The Balaban J connectivity index is 1.88. The van der Waals surface area contributed by atoms with E-state index in [0.29, 0.717) is 5.92 Å². The van der Waals surface area contributed by atoms with Crippen LogP contribution in [0, 0.1) is 3.57 Å². The van der Waals surface area contributed by atoms with Crippen LogP contribution in [0.15, 0.2) is 72.8 Å². The Hall–Kier alpha value is -2.20. The molecular weight excluding hydrogens is 455 g/mol. The van der Waals surface area contributed by atoms with Crippen LogP contribution in [0.3, 0.4) is 0 Å². The minimum absolute atomic E-state index is 0.0171. The summed E-state index contributed by atoms with van der Waals surface area (Å²) in [6, 6.07) is 26.2. The number of rotatable bonds is 2. The third-order valence-electron chi connectivity index (χ3n) is 6.23. The molecule has 2 atom stereocenters. The van der Waals surface area contributed by atoms with Gasteiger partial charge in [0.25, 0.3) is 0 Å². The van der Waals surface area contributed by atoms with E-state index in [1.807, 2.05) is 0 Å². The van der Waals surface area contributed by atoms with E-state index in [-0.39, 0.29) is 11.7 Å². The number of fused-ring (bicyclic) bond motifs is 5. The van der Waals surface area contributed by atoms with Gasteiger partial charge in [0.1, 0.15) is 5.78 Å². The zero-order chi connectivity index (χ0) is 19.3. The smallest absolute Gasteiger partial charge is 0.137 e. The first-order valence-corrected chi connectivity index (χ1v) is 10.9. The molecule has 0 aromatic heterocycles. The third-order valence-corrected chi connectivity index (χ3v) is 7.12. The standard InChI is InChI=1S/C26H21IO/c1-16(28)18-11-12-19(17-7-3-2-4-8-17)26-23(18)14-13-21-20-9-5-6-10-22(20)25(27)15-24(21)26/h2-10,13-15,18-19H,11-12H2,1H3. The molecule has 0 fully saturated rings. The lowest BCUT2D eigenvalue weighted by Crippen LogP contribution is -2.20. The molecule has 28 heavy (non-hydrogen) atoms. The fourth-order valence-corrected chi connectivity index (χ4v) is 5.72. The quantitative estimate of drug-likeness (QED) is 0.221. The monoisotopic (exact) mass is 476 g/mol. The average molecular weight is 476 g/mol. The number of benzene rings is 4. The molecule has 0 saturated heterocycles. The van der Waals surface area contributed by atoms with Gasteiger partial charge in [-0.05, 0) is 86.7 Å². The minimum atomic E-state index is 0.0171. The fraction of sp³-hybridized carbons (Fsp3) is 0.192. The van der Waals surface area contributed by atoms with Crippen LogP contribution >= 0.6 is 22.6 Å². The van der Waals surface area contributed by atoms with Crippen LogP contribution in [0.25, 0.3) is 21.5 Å². The van der Waals surface area contributed by atoms with Crippen LogP contribution in [-0.4, -0.2) is 5.78 Å². The SMILES string of the molecule is CC(=O)C1CCC(c2ccccc2)c2c1ccc1c2cc(I)c2ccccc21. The molecule has 1 nitrogen and oxygen atoms in total. The zero-order valence-corrected chi connectivity index (χ0v) is 17.9. The van der Waals surface area contributed by atoms with E-state index in [9.17, 15) is 4.79 Å².